The van der Waals surface area contributed by atoms with E-state index in [4.69, 9.17) is 11.6 Å². The van der Waals surface area contributed by atoms with Crippen molar-refractivity contribution < 1.29 is 13.6 Å². The Bertz CT molecular complexity index is 1120. The van der Waals surface area contributed by atoms with Gasteiger partial charge in [-0.2, -0.15) is 0 Å². The first-order valence-electron chi connectivity index (χ1n) is 8.98. The molecule has 0 aliphatic carbocycles. The molecule has 1 saturated heterocycles. The number of rotatable bonds is 4. The van der Waals surface area contributed by atoms with Crippen molar-refractivity contribution >= 4 is 39.9 Å². The number of amides is 1. The summed E-state index contributed by atoms with van der Waals surface area (Å²) in [6, 6.07) is 9.57. The van der Waals surface area contributed by atoms with Gasteiger partial charge in [0.25, 0.3) is 0 Å². The second-order valence-electron chi connectivity index (χ2n) is 6.86. The molecule has 148 valence electrons. The molecule has 0 bridgehead atoms. The van der Waals surface area contributed by atoms with Gasteiger partial charge >= 0.3 is 0 Å². The number of alkyl halides is 1. The van der Waals surface area contributed by atoms with E-state index in [1.807, 2.05) is 0 Å². The van der Waals surface area contributed by atoms with Gasteiger partial charge in [-0.25, -0.2) is 18.7 Å². The maximum Gasteiger partial charge on any atom is 0.246 e. The number of hydrogen-bond donors (Lipinski definition) is 1. The largest absolute Gasteiger partial charge is 0.337 e. The van der Waals surface area contributed by atoms with Crippen molar-refractivity contribution in [2.24, 2.45) is 0 Å². The summed E-state index contributed by atoms with van der Waals surface area (Å²) >= 11 is 5.84. The van der Waals surface area contributed by atoms with Gasteiger partial charge in [0.15, 0.2) is 11.5 Å². The molecule has 8 heteroatoms. The van der Waals surface area contributed by atoms with E-state index in [0.717, 1.165) is 0 Å². The maximum atomic E-state index is 15.6. The Kier molecular flexibility index (Phi) is 4.92. The number of carbonyl (C=O) groups is 1. The minimum absolute atomic E-state index is 0.0188. The molecule has 1 N–H and O–H groups in total. The molecule has 1 aromatic heterocycles. The fourth-order valence-electron chi connectivity index (χ4n) is 3.49. The number of carbonyl (C=O) groups excluding carboxylic acids is 1. The molecule has 1 amide bonds. The Labute approximate surface area is 171 Å². The Morgan fingerprint density at radius 1 is 1.31 bits per heavy atom. The Morgan fingerprint density at radius 3 is 2.93 bits per heavy atom. The van der Waals surface area contributed by atoms with E-state index >= 15 is 4.39 Å². The number of nitrogens with zero attached hydrogens (tertiary/aromatic N) is 3. The summed E-state index contributed by atoms with van der Waals surface area (Å²) in [7, 11) is 0. The molecule has 29 heavy (non-hydrogen) atoms. The highest BCUT2D eigenvalue weighted by Crippen LogP contribution is 2.38. The van der Waals surface area contributed by atoms with Crippen LogP contribution in [-0.2, 0) is 10.5 Å². The molecular formula is C21H17ClF2N4O. The lowest BCUT2D eigenvalue weighted by atomic mass is 9.93. The molecular weight excluding hydrogens is 398 g/mol. The number of benzene rings is 2. The minimum atomic E-state index is -1.69. The van der Waals surface area contributed by atoms with Gasteiger partial charge in [-0.15, -0.1) is 0 Å². The van der Waals surface area contributed by atoms with Crippen molar-refractivity contribution in [3.63, 3.8) is 0 Å². The summed E-state index contributed by atoms with van der Waals surface area (Å²) in [4.78, 5) is 21.6. The van der Waals surface area contributed by atoms with E-state index in [0.29, 0.717) is 28.8 Å². The van der Waals surface area contributed by atoms with E-state index in [2.05, 4.69) is 21.9 Å². The predicted octanol–water partition coefficient (Wildman–Crippen LogP) is 4.75. The van der Waals surface area contributed by atoms with Gasteiger partial charge in [0.05, 0.1) is 22.8 Å². The fraction of sp³-hybridized carbons (Fsp3) is 0.190. The number of anilines is 2. The molecule has 3 aromatic rings. The first-order valence-corrected chi connectivity index (χ1v) is 9.35. The lowest BCUT2D eigenvalue weighted by molar-refractivity contribution is -0.125. The van der Waals surface area contributed by atoms with E-state index in [1.165, 1.54) is 29.4 Å². The zero-order valence-corrected chi connectivity index (χ0v) is 16.1. The van der Waals surface area contributed by atoms with Crippen LogP contribution in [0.15, 0.2) is 55.4 Å². The number of nitrogens with one attached hydrogen (secondary N) is 1. The third-order valence-electron chi connectivity index (χ3n) is 5.06. The SMILES string of the molecule is C=CC(=O)N1CC[C@@](F)(c2ccc3ncnc(Nc4cccc(Cl)c4F)c3c2)C1. The van der Waals surface area contributed by atoms with Crippen LogP contribution in [0.3, 0.4) is 0 Å². The Hall–Kier alpha value is -3.06. The zero-order chi connectivity index (χ0) is 20.6. The van der Waals surface area contributed by atoms with Crippen LogP contribution >= 0.6 is 11.6 Å². The monoisotopic (exact) mass is 414 g/mol. The number of fused-ring (bicyclic) bond motifs is 1. The van der Waals surface area contributed by atoms with Gasteiger partial charge in [-0.1, -0.05) is 30.3 Å². The highest BCUT2D eigenvalue weighted by atomic mass is 35.5. The molecule has 1 atom stereocenters. The van der Waals surface area contributed by atoms with Gasteiger partial charge in [-0.3, -0.25) is 4.79 Å². The first kappa shape index (κ1) is 19.3. The third-order valence-corrected chi connectivity index (χ3v) is 5.36. The molecule has 0 radical (unpaired) electrons. The van der Waals surface area contributed by atoms with E-state index in [1.54, 1.807) is 24.3 Å². The average molecular weight is 415 g/mol. The van der Waals surface area contributed by atoms with Crippen LogP contribution in [0.1, 0.15) is 12.0 Å². The smallest absolute Gasteiger partial charge is 0.246 e. The molecule has 1 fully saturated rings. The summed E-state index contributed by atoms with van der Waals surface area (Å²) < 4.78 is 29.9. The molecule has 0 saturated carbocycles. The second-order valence-corrected chi connectivity index (χ2v) is 7.27. The summed E-state index contributed by atoms with van der Waals surface area (Å²) in [6.07, 6.45) is 2.71. The van der Waals surface area contributed by atoms with Crippen molar-refractivity contribution in [1.29, 1.82) is 0 Å². The number of halogens is 3. The predicted molar refractivity (Wildman–Crippen MR) is 108 cm³/mol. The van der Waals surface area contributed by atoms with Crippen LogP contribution in [0.25, 0.3) is 10.9 Å². The van der Waals surface area contributed by atoms with Crippen LogP contribution < -0.4 is 5.32 Å². The Balaban J connectivity index is 1.72. The summed E-state index contributed by atoms with van der Waals surface area (Å²) in [5.74, 6) is -0.570. The second kappa shape index (κ2) is 7.40. The van der Waals surface area contributed by atoms with Crippen LogP contribution in [0.5, 0.6) is 0 Å². The third kappa shape index (κ3) is 3.53. The highest BCUT2D eigenvalue weighted by Gasteiger charge is 2.41. The van der Waals surface area contributed by atoms with Crippen LogP contribution in [-0.4, -0.2) is 33.9 Å². The van der Waals surface area contributed by atoms with E-state index < -0.39 is 11.5 Å². The van der Waals surface area contributed by atoms with Crippen molar-refractivity contribution in [3.05, 3.63) is 71.8 Å². The van der Waals surface area contributed by atoms with E-state index in [9.17, 15) is 9.18 Å². The van der Waals surface area contributed by atoms with Crippen LogP contribution in [0, 0.1) is 5.82 Å². The molecule has 5 nitrogen and oxygen atoms in total. The fourth-order valence-corrected chi connectivity index (χ4v) is 3.66. The maximum absolute atomic E-state index is 15.6. The minimum Gasteiger partial charge on any atom is -0.337 e. The topological polar surface area (TPSA) is 58.1 Å². The van der Waals surface area contributed by atoms with Crippen molar-refractivity contribution in [1.82, 2.24) is 14.9 Å². The molecule has 0 spiro atoms. The van der Waals surface area contributed by atoms with Crippen LogP contribution in [0.2, 0.25) is 5.02 Å². The lowest BCUT2D eigenvalue weighted by Crippen LogP contribution is -2.30. The first-order chi connectivity index (χ1) is 13.9. The molecule has 4 rings (SSSR count). The normalized spacial score (nSPS) is 18.8. The van der Waals surface area contributed by atoms with Crippen LogP contribution in [0.4, 0.5) is 20.3 Å². The quantitative estimate of drug-likeness (QED) is 0.626. The summed E-state index contributed by atoms with van der Waals surface area (Å²) in [5, 5.41) is 3.43. The number of aromatic nitrogens is 2. The Morgan fingerprint density at radius 2 is 2.14 bits per heavy atom. The molecule has 2 aromatic carbocycles. The van der Waals surface area contributed by atoms with Crippen molar-refractivity contribution in [2.45, 2.75) is 12.1 Å². The highest BCUT2D eigenvalue weighted by molar-refractivity contribution is 6.31. The summed E-state index contributed by atoms with van der Waals surface area (Å²) in [6.45, 7) is 3.71. The average Bonchev–Trinajstić information content (AvgIpc) is 3.14. The molecule has 0 unspecified atom stereocenters. The van der Waals surface area contributed by atoms with E-state index in [-0.39, 0.29) is 29.6 Å². The lowest BCUT2D eigenvalue weighted by Gasteiger charge is -2.21. The van der Waals surface area contributed by atoms with Gasteiger partial charge in [0, 0.05) is 18.4 Å². The summed E-state index contributed by atoms with van der Waals surface area (Å²) in [5.41, 5.74) is -0.550. The van der Waals surface area contributed by atoms with Crippen molar-refractivity contribution in [2.75, 3.05) is 18.4 Å². The van der Waals surface area contributed by atoms with Gasteiger partial charge in [0.1, 0.15) is 12.1 Å². The zero-order valence-electron chi connectivity index (χ0n) is 15.3. The molecule has 1 aliphatic rings. The van der Waals surface area contributed by atoms with Gasteiger partial charge in [0.2, 0.25) is 5.91 Å². The number of likely N-dealkylation sites (tertiary alicyclic amines) is 1. The van der Waals surface area contributed by atoms with Gasteiger partial charge in [-0.05, 0) is 35.9 Å². The molecule has 2 heterocycles. The van der Waals surface area contributed by atoms with Crippen molar-refractivity contribution in [3.8, 4) is 0 Å². The standard InChI is InChI=1S/C21H17ClF2N4O/c1-2-18(29)28-9-8-21(24,11-28)13-6-7-16-14(10-13)20(26-12-25-16)27-17-5-3-4-15(22)19(17)23/h2-7,10,12H,1,8-9,11H2,(H,25,26,27)/t21-/m0/s1. The number of hydrogen-bond acceptors (Lipinski definition) is 4. The van der Waals surface area contributed by atoms with Gasteiger partial charge < -0.3 is 10.2 Å². The molecule has 1 aliphatic heterocycles.